The molecule has 2 aromatic carbocycles. The molecule has 0 spiro atoms. The lowest BCUT2D eigenvalue weighted by atomic mass is 10.1. The summed E-state index contributed by atoms with van der Waals surface area (Å²) < 4.78 is 0. The Labute approximate surface area is 199 Å². The molecule has 1 unspecified atom stereocenters. The van der Waals surface area contributed by atoms with Crippen LogP contribution in [0.1, 0.15) is 39.2 Å². The highest BCUT2D eigenvalue weighted by Crippen LogP contribution is 2.22. The van der Waals surface area contributed by atoms with Crippen molar-refractivity contribution in [1.82, 2.24) is 10.2 Å². The molecule has 0 saturated carbocycles. The van der Waals surface area contributed by atoms with Crippen LogP contribution in [0.5, 0.6) is 0 Å². The van der Waals surface area contributed by atoms with Crippen LogP contribution in [0.3, 0.4) is 0 Å². The zero-order valence-electron chi connectivity index (χ0n) is 18.2. The summed E-state index contributed by atoms with van der Waals surface area (Å²) in [6.07, 6.45) is 0.891. The third kappa shape index (κ3) is 8.76. The van der Waals surface area contributed by atoms with Crippen LogP contribution < -0.4 is 5.32 Å². The monoisotopic (exact) mass is 480 g/mol. The fourth-order valence-corrected chi connectivity index (χ4v) is 4.15. The second-order valence-electron chi connectivity index (χ2n) is 7.76. The van der Waals surface area contributed by atoms with Crippen molar-refractivity contribution in [3.8, 4) is 0 Å². The number of halogens is 2. The topological polar surface area (TPSA) is 49.4 Å². The van der Waals surface area contributed by atoms with Gasteiger partial charge in [-0.2, -0.15) is 0 Å². The maximum Gasteiger partial charge on any atom is 0.242 e. The summed E-state index contributed by atoms with van der Waals surface area (Å²) in [5.74, 6) is 0.825. The van der Waals surface area contributed by atoms with Crippen LogP contribution in [0.2, 0.25) is 10.0 Å². The number of nitrogens with one attached hydrogen (secondary N) is 1. The van der Waals surface area contributed by atoms with E-state index in [0.29, 0.717) is 47.6 Å². The largest absolute Gasteiger partial charge is 0.354 e. The molecule has 2 rings (SSSR count). The van der Waals surface area contributed by atoms with E-state index in [4.69, 9.17) is 23.2 Å². The van der Waals surface area contributed by atoms with Crippen molar-refractivity contribution in [1.29, 1.82) is 0 Å². The maximum atomic E-state index is 13.2. The van der Waals surface area contributed by atoms with Crippen LogP contribution in [0, 0.1) is 5.92 Å². The first-order valence-electron chi connectivity index (χ1n) is 10.5. The SMILES string of the molecule is CCC(C(=O)NCC(C)C)N(Cc1ccc(Cl)cc1)C(=O)CCSc1ccc(Cl)cc1. The number of carbonyl (C=O) groups excluding carboxylic acids is 2. The zero-order valence-corrected chi connectivity index (χ0v) is 20.6. The third-order valence-electron chi connectivity index (χ3n) is 4.73. The van der Waals surface area contributed by atoms with Gasteiger partial charge in [-0.1, -0.05) is 56.1 Å². The normalized spacial score (nSPS) is 11.9. The number of amides is 2. The van der Waals surface area contributed by atoms with Gasteiger partial charge < -0.3 is 10.2 Å². The van der Waals surface area contributed by atoms with E-state index in [2.05, 4.69) is 5.32 Å². The van der Waals surface area contributed by atoms with E-state index in [9.17, 15) is 9.59 Å². The van der Waals surface area contributed by atoms with Crippen LogP contribution in [0.4, 0.5) is 0 Å². The lowest BCUT2D eigenvalue weighted by Crippen LogP contribution is -2.49. The first kappa shape index (κ1) is 25.6. The molecule has 4 nitrogen and oxygen atoms in total. The molecule has 0 bridgehead atoms. The van der Waals surface area contributed by atoms with Crippen molar-refractivity contribution >= 4 is 46.8 Å². The van der Waals surface area contributed by atoms with Gasteiger partial charge >= 0.3 is 0 Å². The highest BCUT2D eigenvalue weighted by atomic mass is 35.5. The molecule has 0 aliphatic carbocycles. The third-order valence-corrected chi connectivity index (χ3v) is 6.25. The molecule has 0 aromatic heterocycles. The maximum absolute atomic E-state index is 13.2. The number of carbonyl (C=O) groups is 2. The van der Waals surface area contributed by atoms with E-state index < -0.39 is 6.04 Å². The second-order valence-corrected chi connectivity index (χ2v) is 9.80. The highest BCUT2D eigenvalue weighted by Gasteiger charge is 2.28. The Morgan fingerprint density at radius 1 is 1.00 bits per heavy atom. The average molecular weight is 481 g/mol. The van der Waals surface area contributed by atoms with Gasteiger partial charge in [-0.05, 0) is 54.3 Å². The van der Waals surface area contributed by atoms with Crippen LogP contribution in [0.15, 0.2) is 53.4 Å². The van der Waals surface area contributed by atoms with Crippen LogP contribution in [-0.2, 0) is 16.1 Å². The van der Waals surface area contributed by atoms with Gasteiger partial charge in [-0.3, -0.25) is 9.59 Å². The van der Waals surface area contributed by atoms with E-state index >= 15 is 0 Å². The number of hydrogen-bond donors (Lipinski definition) is 1. The Hall–Kier alpha value is -1.69. The summed E-state index contributed by atoms with van der Waals surface area (Å²) in [6.45, 7) is 6.99. The summed E-state index contributed by atoms with van der Waals surface area (Å²) in [7, 11) is 0. The van der Waals surface area contributed by atoms with Crippen molar-refractivity contribution in [2.45, 2.75) is 51.1 Å². The predicted octanol–water partition coefficient (Wildman–Crippen LogP) is 6.06. The molecule has 0 aliphatic heterocycles. The van der Waals surface area contributed by atoms with Crippen molar-refractivity contribution in [2.24, 2.45) is 5.92 Å². The van der Waals surface area contributed by atoms with Gasteiger partial charge in [-0.25, -0.2) is 0 Å². The van der Waals surface area contributed by atoms with E-state index in [1.54, 1.807) is 28.8 Å². The van der Waals surface area contributed by atoms with Crippen molar-refractivity contribution in [3.63, 3.8) is 0 Å². The zero-order chi connectivity index (χ0) is 22.8. The molecule has 2 amide bonds. The number of nitrogens with zero attached hydrogens (tertiary/aromatic N) is 1. The Kier molecular flexibility index (Phi) is 10.7. The molecule has 31 heavy (non-hydrogen) atoms. The molecular formula is C24H30Cl2N2O2S. The quantitative estimate of drug-likeness (QED) is 0.397. The first-order chi connectivity index (χ1) is 14.8. The summed E-state index contributed by atoms with van der Waals surface area (Å²) in [4.78, 5) is 28.8. The van der Waals surface area contributed by atoms with E-state index in [1.165, 1.54) is 0 Å². The molecule has 0 fully saturated rings. The molecule has 0 aliphatic rings. The van der Waals surface area contributed by atoms with Gasteiger partial charge in [0.25, 0.3) is 0 Å². The van der Waals surface area contributed by atoms with Crippen LogP contribution >= 0.6 is 35.0 Å². The molecule has 168 valence electrons. The summed E-state index contributed by atoms with van der Waals surface area (Å²) >= 11 is 13.5. The van der Waals surface area contributed by atoms with E-state index in [-0.39, 0.29) is 11.8 Å². The Morgan fingerprint density at radius 3 is 2.13 bits per heavy atom. The van der Waals surface area contributed by atoms with E-state index in [0.717, 1.165) is 10.5 Å². The lowest BCUT2D eigenvalue weighted by molar-refractivity contribution is -0.141. The van der Waals surface area contributed by atoms with Crippen molar-refractivity contribution in [2.75, 3.05) is 12.3 Å². The van der Waals surface area contributed by atoms with Gasteiger partial charge in [0.15, 0.2) is 0 Å². The fourth-order valence-electron chi connectivity index (χ4n) is 3.06. The Morgan fingerprint density at radius 2 is 1.58 bits per heavy atom. The van der Waals surface area contributed by atoms with Gasteiger partial charge in [0.2, 0.25) is 11.8 Å². The van der Waals surface area contributed by atoms with Gasteiger partial charge in [0.1, 0.15) is 6.04 Å². The smallest absolute Gasteiger partial charge is 0.242 e. The number of hydrogen-bond acceptors (Lipinski definition) is 3. The van der Waals surface area contributed by atoms with Crippen molar-refractivity contribution in [3.05, 3.63) is 64.1 Å². The Bertz CT molecular complexity index is 842. The summed E-state index contributed by atoms with van der Waals surface area (Å²) in [6, 6.07) is 14.4. The Balaban J connectivity index is 2.10. The summed E-state index contributed by atoms with van der Waals surface area (Å²) in [5, 5.41) is 4.31. The van der Waals surface area contributed by atoms with Crippen LogP contribution in [-0.4, -0.2) is 35.1 Å². The highest BCUT2D eigenvalue weighted by molar-refractivity contribution is 7.99. The molecule has 0 radical (unpaired) electrons. The standard InChI is InChI=1S/C24H30Cl2N2O2S/c1-4-22(24(30)27-15-17(2)3)28(16-18-5-7-19(25)8-6-18)23(29)13-14-31-21-11-9-20(26)10-12-21/h5-12,17,22H,4,13-16H2,1-3H3,(H,27,30). The second kappa shape index (κ2) is 13.0. The molecular weight excluding hydrogens is 451 g/mol. The molecule has 2 aromatic rings. The average Bonchev–Trinajstić information content (AvgIpc) is 2.74. The molecule has 0 heterocycles. The van der Waals surface area contributed by atoms with E-state index in [1.807, 2.05) is 57.2 Å². The number of rotatable bonds is 11. The summed E-state index contributed by atoms with van der Waals surface area (Å²) in [5.41, 5.74) is 0.943. The molecule has 0 saturated heterocycles. The fraction of sp³-hybridized carbons (Fsp3) is 0.417. The van der Waals surface area contributed by atoms with Crippen molar-refractivity contribution < 1.29 is 9.59 Å². The molecule has 1 atom stereocenters. The predicted molar refractivity (Wildman–Crippen MR) is 131 cm³/mol. The minimum absolute atomic E-state index is 0.0389. The molecule has 7 heteroatoms. The first-order valence-corrected chi connectivity index (χ1v) is 12.2. The van der Waals surface area contributed by atoms with Gasteiger partial charge in [0, 0.05) is 40.2 Å². The molecule has 1 N–H and O–H groups in total. The van der Waals surface area contributed by atoms with Gasteiger partial charge in [-0.15, -0.1) is 11.8 Å². The minimum Gasteiger partial charge on any atom is -0.354 e. The minimum atomic E-state index is -0.512. The number of thioether (sulfide) groups is 1. The van der Waals surface area contributed by atoms with Gasteiger partial charge in [0.05, 0.1) is 0 Å². The number of benzene rings is 2. The van der Waals surface area contributed by atoms with Crippen LogP contribution in [0.25, 0.3) is 0 Å². The lowest BCUT2D eigenvalue weighted by Gasteiger charge is -2.31.